The molecule has 1 atom stereocenters. The molecular formula is C13H20N4O2. The topological polar surface area (TPSA) is 84.0 Å². The predicted octanol–water partition coefficient (Wildman–Crippen LogP) is 1.04. The van der Waals surface area contributed by atoms with Crippen molar-refractivity contribution in [3.8, 4) is 0 Å². The fourth-order valence-corrected chi connectivity index (χ4v) is 2.28. The summed E-state index contributed by atoms with van der Waals surface area (Å²) in [6, 6.07) is 3.54. The van der Waals surface area contributed by atoms with E-state index in [1.165, 1.54) is 6.42 Å². The minimum atomic E-state index is 0.0954. The molecule has 2 rings (SSSR count). The summed E-state index contributed by atoms with van der Waals surface area (Å²) in [5.74, 6) is 1.45. The van der Waals surface area contributed by atoms with E-state index in [1.807, 2.05) is 13.1 Å². The maximum Gasteiger partial charge on any atom is 0.170 e. The number of anilines is 1. The molecule has 0 bridgehead atoms. The molecule has 6 heteroatoms. The Bertz CT molecular complexity index is 444. The van der Waals surface area contributed by atoms with Crippen LogP contribution in [0.15, 0.2) is 23.5 Å². The number of aromatic nitrogens is 1. The molecule has 1 unspecified atom stereocenters. The van der Waals surface area contributed by atoms with Crippen molar-refractivity contribution >= 4 is 11.7 Å². The van der Waals surface area contributed by atoms with Gasteiger partial charge in [0.25, 0.3) is 0 Å². The first kappa shape index (κ1) is 13.6. The first-order valence-corrected chi connectivity index (χ1v) is 6.43. The lowest BCUT2D eigenvalue weighted by atomic mass is 10.0. The van der Waals surface area contributed by atoms with Crippen molar-refractivity contribution in [3.63, 3.8) is 0 Å². The molecule has 104 valence electrons. The highest BCUT2D eigenvalue weighted by atomic mass is 16.5. The predicted molar refractivity (Wildman–Crippen MR) is 73.6 cm³/mol. The van der Waals surface area contributed by atoms with Crippen molar-refractivity contribution in [1.82, 2.24) is 4.98 Å². The Balaban J connectivity index is 2.03. The van der Waals surface area contributed by atoms with Gasteiger partial charge in [0.2, 0.25) is 0 Å². The Kier molecular flexibility index (Phi) is 4.57. The van der Waals surface area contributed by atoms with Crippen molar-refractivity contribution in [2.75, 3.05) is 31.7 Å². The highest BCUT2D eigenvalue weighted by molar-refractivity contribution is 5.97. The minimum absolute atomic E-state index is 0.0954. The third-order valence-corrected chi connectivity index (χ3v) is 3.33. The second-order valence-corrected chi connectivity index (χ2v) is 4.85. The SMILES string of the molecule is CN(CC1CCCOC1)c1cc(C(N)=NO)ccn1. The number of pyridine rings is 1. The summed E-state index contributed by atoms with van der Waals surface area (Å²) in [4.78, 5) is 6.39. The third kappa shape index (κ3) is 3.57. The number of oxime groups is 1. The molecule has 19 heavy (non-hydrogen) atoms. The average Bonchev–Trinajstić information content (AvgIpc) is 2.47. The van der Waals surface area contributed by atoms with E-state index in [-0.39, 0.29) is 5.84 Å². The number of hydrogen-bond acceptors (Lipinski definition) is 5. The van der Waals surface area contributed by atoms with E-state index in [0.29, 0.717) is 11.5 Å². The van der Waals surface area contributed by atoms with Crippen LogP contribution in [0.3, 0.4) is 0 Å². The summed E-state index contributed by atoms with van der Waals surface area (Å²) >= 11 is 0. The highest BCUT2D eigenvalue weighted by Crippen LogP contribution is 2.18. The number of rotatable bonds is 4. The van der Waals surface area contributed by atoms with E-state index in [9.17, 15) is 0 Å². The number of nitrogens with two attached hydrogens (primary N) is 1. The molecule has 0 aromatic carbocycles. The lowest BCUT2D eigenvalue weighted by molar-refractivity contribution is 0.0576. The van der Waals surface area contributed by atoms with Gasteiger partial charge in [-0.1, -0.05) is 5.16 Å². The second-order valence-electron chi connectivity index (χ2n) is 4.85. The zero-order valence-corrected chi connectivity index (χ0v) is 11.1. The number of amidine groups is 1. The van der Waals surface area contributed by atoms with E-state index in [1.54, 1.807) is 12.3 Å². The third-order valence-electron chi connectivity index (χ3n) is 3.33. The maximum absolute atomic E-state index is 8.69. The van der Waals surface area contributed by atoms with E-state index >= 15 is 0 Å². The van der Waals surface area contributed by atoms with Crippen LogP contribution in [0.1, 0.15) is 18.4 Å². The number of nitrogens with zero attached hydrogens (tertiary/aromatic N) is 3. The zero-order valence-electron chi connectivity index (χ0n) is 11.1. The van der Waals surface area contributed by atoms with Gasteiger partial charge in [-0.3, -0.25) is 0 Å². The van der Waals surface area contributed by atoms with Crippen LogP contribution in [0.5, 0.6) is 0 Å². The van der Waals surface area contributed by atoms with Gasteiger partial charge in [0.1, 0.15) is 5.82 Å². The molecule has 1 aliphatic rings. The summed E-state index contributed by atoms with van der Waals surface area (Å²) in [5.41, 5.74) is 6.25. The van der Waals surface area contributed by atoms with Gasteiger partial charge in [0.05, 0.1) is 6.61 Å². The highest BCUT2D eigenvalue weighted by Gasteiger charge is 2.17. The molecule has 1 aromatic heterocycles. The van der Waals surface area contributed by atoms with Gasteiger partial charge in [-0.2, -0.15) is 0 Å². The fraction of sp³-hybridized carbons (Fsp3) is 0.538. The van der Waals surface area contributed by atoms with Crippen LogP contribution in [0.2, 0.25) is 0 Å². The van der Waals surface area contributed by atoms with Crippen molar-refractivity contribution in [3.05, 3.63) is 23.9 Å². The average molecular weight is 264 g/mol. The van der Waals surface area contributed by atoms with E-state index in [0.717, 1.165) is 32.0 Å². The number of hydrogen-bond donors (Lipinski definition) is 2. The summed E-state index contributed by atoms with van der Waals surface area (Å²) in [6.07, 6.45) is 3.97. The smallest absolute Gasteiger partial charge is 0.170 e. The van der Waals surface area contributed by atoms with Crippen LogP contribution in [0, 0.1) is 5.92 Å². The minimum Gasteiger partial charge on any atom is -0.409 e. The molecule has 3 N–H and O–H groups in total. The number of ether oxygens (including phenoxy) is 1. The van der Waals surface area contributed by atoms with Crippen LogP contribution in [0.4, 0.5) is 5.82 Å². The van der Waals surface area contributed by atoms with Crippen molar-refractivity contribution in [1.29, 1.82) is 0 Å². The molecule has 0 amide bonds. The zero-order chi connectivity index (χ0) is 13.7. The van der Waals surface area contributed by atoms with Gasteiger partial charge in [-0.25, -0.2) is 4.98 Å². The molecule has 0 spiro atoms. The van der Waals surface area contributed by atoms with Gasteiger partial charge in [-0.15, -0.1) is 0 Å². The van der Waals surface area contributed by atoms with E-state index < -0.39 is 0 Å². The largest absolute Gasteiger partial charge is 0.409 e. The van der Waals surface area contributed by atoms with Crippen molar-refractivity contribution < 1.29 is 9.94 Å². The normalized spacial score (nSPS) is 20.3. The molecule has 2 heterocycles. The molecule has 1 fully saturated rings. The maximum atomic E-state index is 8.69. The summed E-state index contributed by atoms with van der Waals surface area (Å²) in [6.45, 7) is 2.58. The van der Waals surface area contributed by atoms with E-state index in [4.69, 9.17) is 15.7 Å². The Morgan fingerprint density at radius 1 is 1.68 bits per heavy atom. The Hall–Kier alpha value is -1.82. The van der Waals surface area contributed by atoms with Crippen molar-refractivity contribution in [2.24, 2.45) is 16.8 Å². The lowest BCUT2D eigenvalue weighted by Crippen LogP contribution is -2.31. The monoisotopic (exact) mass is 264 g/mol. The van der Waals surface area contributed by atoms with Crippen LogP contribution in [-0.2, 0) is 4.74 Å². The Morgan fingerprint density at radius 2 is 2.53 bits per heavy atom. The molecule has 0 radical (unpaired) electrons. The summed E-state index contributed by atoms with van der Waals surface area (Å²) in [5, 5.41) is 11.7. The van der Waals surface area contributed by atoms with Crippen LogP contribution >= 0.6 is 0 Å². The van der Waals surface area contributed by atoms with Crippen LogP contribution in [0.25, 0.3) is 0 Å². The molecule has 6 nitrogen and oxygen atoms in total. The van der Waals surface area contributed by atoms with Crippen LogP contribution in [-0.4, -0.2) is 42.8 Å². The Morgan fingerprint density at radius 3 is 3.21 bits per heavy atom. The quantitative estimate of drug-likeness (QED) is 0.367. The van der Waals surface area contributed by atoms with Gasteiger partial charge >= 0.3 is 0 Å². The Labute approximate surface area is 112 Å². The van der Waals surface area contributed by atoms with Gasteiger partial charge in [0, 0.05) is 32.0 Å². The molecule has 1 aliphatic heterocycles. The van der Waals surface area contributed by atoms with E-state index in [2.05, 4.69) is 15.0 Å². The van der Waals surface area contributed by atoms with Crippen molar-refractivity contribution in [2.45, 2.75) is 12.8 Å². The first-order valence-electron chi connectivity index (χ1n) is 6.43. The molecular weight excluding hydrogens is 244 g/mol. The van der Waals surface area contributed by atoms with Crippen LogP contribution < -0.4 is 10.6 Å². The fourth-order valence-electron chi connectivity index (χ4n) is 2.28. The molecule has 0 aliphatic carbocycles. The lowest BCUT2D eigenvalue weighted by Gasteiger charge is -2.27. The van der Waals surface area contributed by atoms with Gasteiger partial charge in [-0.05, 0) is 30.9 Å². The molecule has 0 saturated carbocycles. The molecule has 1 saturated heterocycles. The van der Waals surface area contributed by atoms with Gasteiger partial charge < -0.3 is 20.6 Å². The summed E-state index contributed by atoms with van der Waals surface area (Å²) < 4.78 is 5.48. The second kappa shape index (κ2) is 6.38. The van der Waals surface area contributed by atoms with Gasteiger partial charge in [0.15, 0.2) is 5.84 Å². The first-order chi connectivity index (χ1) is 9.20. The standard InChI is InChI=1S/C13H20N4O2/c1-17(8-10-3-2-6-19-9-10)12-7-11(4-5-15-12)13(14)16-18/h4-5,7,10,18H,2-3,6,8-9H2,1H3,(H2,14,16). The summed E-state index contributed by atoms with van der Waals surface area (Å²) in [7, 11) is 1.99. The molecule has 1 aromatic rings.